The van der Waals surface area contributed by atoms with Gasteiger partial charge in [-0.3, -0.25) is 0 Å². The predicted molar refractivity (Wildman–Crippen MR) is 73.1 cm³/mol. The van der Waals surface area contributed by atoms with Crippen LogP contribution in [0.1, 0.15) is 10.5 Å². The normalized spacial score (nSPS) is 10.5. The van der Waals surface area contributed by atoms with Crippen LogP contribution in [0.4, 0.5) is 0 Å². The molecule has 0 bridgehead atoms. The van der Waals surface area contributed by atoms with Crippen molar-refractivity contribution >= 4 is 49.4 Å². The molecule has 0 atom stereocenters. The first-order valence-electron chi connectivity index (χ1n) is 4.55. The van der Waals surface area contributed by atoms with Crippen LogP contribution in [0.25, 0.3) is 5.69 Å². The molecule has 0 spiro atoms. The van der Waals surface area contributed by atoms with E-state index in [1.807, 2.05) is 0 Å². The van der Waals surface area contributed by atoms with E-state index in [1.165, 1.54) is 0 Å². The summed E-state index contributed by atoms with van der Waals surface area (Å²) < 4.78 is 3.01. The molecular weight excluding hydrogens is 373 g/mol. The molecule has 1 heterocycles. The first-order chi connectivity index (χ1) is 7.99. The minimum Gasteiger partial charge on any atom is -0.477 e. The van der Waals surface area contributed by atoms with Gasteiger partial charge in [-0.25, -0.2) is 4.79 Å². The number of nitrogens with zero attached hydrogens (tertiary/aromatic N) is 1. The zero-order valence-corrected chi connectivity index (χ0v) is 12.3. The van der Waals surface area contributed by atoms with Gasteiger partial charge < -0.3 is 9.67 Å². The SMILES string of the molecule is O=C(O)c1cc(Br)cn1-c1ccc(Cl)cc1Br. The van der Waals surface area contributed by atoms with Gasteiger partial charge >= 0.3 is 5.97 Å². The van der Waals surface area contributed by atoms with Crippen molar-refractivity contribution in [3.63, 3.8) is 0 Å². The number of carboxylic acids is 1. The summed E-state index contributed by atoms with van der Waals surface area (Å²) in [6, 6.07) is 6.73. The van der Waals surface area contributed by atoms with Gasteiger partial charge in [0.2, 0.25) is 0 Å². The van der Waals surface area contributed by atoms with Gasteiger partial charge in [0.15, 0.2) is 0 Å². The fraction of sp³-hybridized carbons (Fsp3) is 0. The molecule has 17 heavy (non-hydrogen) atoms. The first-order valence-corrected chi connectivity index (χ1v) is 6.52. The van der Waals surface area contributed by atoms with Crippen molar-refractivity contribution in [2.75, 3.05) is 0 Å². The number of aromatic nitrogens is 1. The highest BCUT2D eigenvalue weighted by Gasteiger charge is 2.14. The number of aromatic carboxylic acids is 1. The smallest absolute Gasteiger partial charge is 0.352 e. The molecule has 0 aliphatic heterocycles. The van der Waals surface area contributed by atoms with Crippen LogP contribution in [0.2, 0.25) is 5.02 Å². The molecule has 0 saturated heterocycles. The van der Waals surface area contributed by atoms with E-state index in [9.17, 15) is 4.79 Å². The standard InChI is InChI=1S/C11H6Br2ClNO2/c12-6-3-10(11(16)17)15(5-6)9-2-1-7(14)4-8(9)13/h1-5H,(H,16,17). The lowest BCUT2D eigenvalue weighted by molar-refractivity contribution is 0.0688. The second-order valence-corrected chi connectivity index (χ2v) is 5.52. The number of carbonyl (C=O) groups is 1. The van der Waals surface area contributed by atoms with Gasteiger partial charge in [0.25, 0.3) is 0 Å². The maximum Gasteiger partial charge on any atom is 0.352 e. The fourth-order valence-electron chi connectivity index (χ4n) is 1.47. The van der Waals surface area contributed by atoms with E-state index >= 15 is 0 Å². The van der Waals surface area contributed by atoms with Crippen LogP contribution in [0, 0.1) is 0 Å². The Bertz CT molecular complexity index is 595. The lowest BCUT2D eigenvalue weighted by atomic mass is 10.3. The van der Waals surface area contributed by atoms with E-state index in [4.69, 9.17) is 16.7 Å². The van der Waals surface area contributed by atoms with Gasteiger partial charge in [0.1, 0.15) is 5.69 Å². The maximum absolute atomic E-state index is 11.1. The van der Waals surface area contributed by atoms with Crippen LogP contribution >= 0.6 is 43.5 Å². The van der Waals surface area contributed by atoms with E-state index in [2.05, 4.69) is 31.9 Å². The zero-order chi connectivity index (χ0) is 12.6. The van der Waals surface area contributed by atoms with Crippen molar-refractivity contribution in [1.82, 2.24) is 4.57 Å². The molecule has 1 N–H and O–H groups in total. The third kappa shape index (κ3) is 2.56. The van der Waals surface area contributed by atoms with Crippen molar-refractivity contribution in [3.8, 4) is 5.69 Å². The Morgan fingerprint density at radius 3 is 2.59 bits per heavy atom. The summed E-state index contributed by atoms with van der Waals surface area (Å²) >= 11 is 12.5. The molecule has 0 amide bonds. The summed E-state index contributed by atoms with van der Waals surface area (Å²) in [7, 11) is 0. The quantitative estimate of drug-likeness (QED) is 0.843. The molecule has 0 saturated carbocycles. The molecule has 0 aliphatic carbocycles. The Balaban J connectivity index is 2.63. The molecule has 0 fully saturated rings. The van der Waals surface area contributed by atoms with Crippen LogP contribution in [0.15, 0.2) is 39.4 Å². The first kappa shape index (κ1) is 12.7. The van der Waals surface area contributed by atoms with Gasteiger partial charge in [0.05, 0.1) is 5.69 Å². The largest absolute Gasteiger partial charge is 0.477 e. The Labute approximate surface area is 119 Å². The zero-order valence-electron chi connectivity index (χ0n) is 8.32. The molecule has 2 rings (SSSR count). The van der Waals surface area contributed by atoms with Crippen LogP contribution in [-0.2, 0) is 0 Å². The monoisotopic (exact) mass is 377 g/mol. The lowest BCUT2D eigenvalue weighted by Crippen LogP contribution is -2.05. The van der Waals surface area contributed by atoms with E-state index in [0.717, 1.165) is 10.2 Å². The molecule has 2 aromatic rings. The fourth-order valence-corrected chi connectivity index (χ4v) is 2.77. The number of hydrogen-bond acceptors (Lipinski definition) is 1. The van der Waals surface area contributed by atoms with Crippen LogP contribution in [0.5, 0.6) is 0 Å². The Morgan fingerprint density at radius 2 is 2.00 bits per heavy atom. The number of carboxylic acid groups (broad SMARTS) is 1. The average molecular weight is 379 g/mol. The summed E-state index contributed by atoms with van der Waals surface area (Å²) in [4.78, 5) is 11.1. The van der Waals surface area contributed by atoms with Gasteiger partial charge in [-0.05, 0) is 56.1 Å². The van der Waals surface area contributed by atoms with Crippen molar-refractivity contribution in [3.05, 3.63) is 50.1 Å². The number of hydrogen-bond donors (Lipinski definition) is 1. The summed E-state index contributed by atoms with van der Waals surface area (Å²) in [6.45, 7) is 0. The number of benzene rings is 1. The van der Waals surface area contributed by atoms with E-state index in [1.54, 1.807) is 35.0 Å². The van der Waals surface area contributed by atoms with Crippen molar-refractivity contribution < 1.29 is 9.90 Å². The van der Waals surface area contributed by atoms with Gasteiger partial charge in [-0.2, -0.15) is 0 Å². The highest BCUT2D eigenvalue weighted by molar-refractivity contribution is 9.10. The van der Waals surface area contributed by atoms with Crippen molar-refractivity contribution in [2.24, 2.45) is 0 Å². The van der Waals surface area contributed by atoms with Crippen LogP contribution in [0.3, 0.4) is 0 Å². The highest BCUT2D eigenvalue weighted by Crippen LogP contribution is 2.28. The predicted octanol–water partition coefficient (Wildman–Crippen LogP) is 4.35. The number of halogens is 3. The summed E-state index contributed by atoms with van der Waals surface area (Å²) in [5.74, 6) is -0.988. The number of rotatable bonds is 2. The van der Waals surface area contributed by atoms with E-state index in [0.29, 0.717) is 9.50 Å². The molecule has 3 nitrogen and oxygen atoms in total. The van der Waals surface area contributed by atoms with E-state index in [-0.39, 0.29) is 5.69 Å². The van der Waals surface area contributed by atoms with Gasteiger partial charge in [-0.1, -0.05) is 11.6 Å². The summed E-state index contributed by atoms with van der Waals surface area (Å²) in [5.41, 5.74) is 0.900. The molecule has 0 aliphatic rings. The molecule has 1 aromatic heterocycles. The Morgan fingerprint density at radius 1 is 1.29 bits per heavy atom. The van der Waals surface area contributed by atoms with Gasteiger partial charge in [0, 0.05) is 20.2 Å². The Kier molecular flexibility index (Phi) is 3.61. The molecule has 1 aromatic carbocycles. The van der Waals surface area contributed by atoms with Crippen molar-refractivity contribution in [2.45, 2.75) is 0 Å². The topological polar surface area (TPSA) is 42.2 Å². The van der Waals surface area contributed by atoms with Crippen molar-refractivity contribution in [1.29, 1.82) is 0 Å². The maximum atomic E-state index is 11.1. The second kappa shape index (κ2) is 4.84. The molecule has 0 unspecified atom stereocenters. The van der Waals surface area contributed by atoms with Crippen LogP contribution < -0.4 is 0 Å². The molecule has 6 heteroatoms. The van der Waals surface area contributed by atoms with Gasteiger partial charge in [-0.15, -0.1) is 0 Å². The average Bonchev–Trinajstić information content (AvgIpc) is 2.60. The Hall–Kier alpha value is -0.780. The van der Waals surface area contributed by atoms with Crippen LogP contribution in [-0.4, -0.2) is 15.6 Å². The minimum atomic E-state index is -0.988. The minimum absolute atomic E-state index is 0.180. The lowest BCUT2D eigenvalue weighted by Gasteiger charge is -2.08. The van der Waals surface area contributed by atoms with E-state index < -0.39 is 5.97 Å². The summed E-state index contributed by atoms with van der Waals surface area (Å²) in [6.07, 6.45) is 1.69. The molecule has 0 radical (unpaired) electrons. The second-order valence-electron chi connectivity index (χ2n) is 3.31. The third-order valence-electron chi connectivity index (χ3n) is 2.17. The molecular formula is C11H6Br2ClNO2. The summed E-state index contributed by atoms with van der Waals surface area (Å²) in [5, 5.41) is 9.69. The molecule has 88 valence electrons. The third-order valence-corrected chi connectivity index (χ3v) is 3.48. The highest BCUT2D eigenvalue weighted by atomic mass is 79.9.